The molecule has 0 aliphatic heterocycles. The van der Waals surface area contributed by atoms with Gasteiger partial charge in [-0.25, -0.2) is 0 Å². The summed E-state index contributed by atoms with van der Waals surface area (Å²) in [6, 6.07) is 2.21. The number of hydrogen-bond acceptors (Lipinski definition) is 2. The fourth-order valence-electron chi connectivity index (χ4n) is 3.15. The average molecular weight is 235 g/mol. The van der Waals surface area contributed by atoms with Crippen LogP contribution in [0, 0.1) is 12.3 Å². The third-order valence-corrected chi connectivity index (χ3v) is 4.25. The molecule has 0 saturated heterocycles. The maximum absolute atomic E-state index is 6.08. The van der Waals surface area contributed by atoms with Gasteiger partial charge in [-0.05, 0) is 44.2 Å². The lowest BCUT2D eigenvalue weighted by molar-refractivity contribution is 0.247. The summed E-state index contributed by atoms with van der Waals surface area (Å²) in [5.41, 5.74) is 8.87. The fourth-order valence-corrected chi connectivity index (χ4v) is 3.15. The Balaban J connectivity index is 2.15. The van der Waals surface area contributed by atoms with Gasteiger partial charge in [0.15, 0.2) is 0 Å². The average Bonchev–Trinajstić information content (AvgIpc) is 2.54. The molecule has 96 valence electrons. The predicted octanol–water partition coefficient (Wildman–Crippen LogP) is 2.57. The summed E-state index contributed by atoms with van der Waals surface area (Å²) in [5.74, 6) is 0. The number of hydrogen-bond donors (Lipinski definition) is 1. The second-order valence-electron chi connectivity index (χ2n) is 5.70. The molecule has 0 aromatic carbocycles. The number of nitrogens with two attached hydrogens (primary N) is 1. The van der Waals surface area contributed by atoms with Gasteiger partial charge in [-0.1, -0.05) is 25.7 Å². The van der Waals surface area contributed by atoms with Crippen LogP contribution in [0.3, 0.4) is 0 Å². The van der Waals surface area contributed by atoms with Crippen LogP contribution >= 0.6 is 0 Å². The van der Waals surface area contributed by atoms with Gasteiger partial charge in [-0.15, -0.1) is 0 Å². The van der Waals surface area contributed by atoms with Gasteiger partial charge in [0.05, 0.1) is 5.69 Å². The van der Waals surface area contributed by atoms with Crippen LogP contribution in [0.25, 0.3) is 0 Å². The topological polar surface area (TPSA) is 43.8 Å². The molecule has 0 bridgehead atoms. The van der Waals surface area contributed by atoms with Crippen LogP contribution in [0.4, 0.5) is 0 Å². The molecule has 3 nitrogen and oxygen atoms in total. The molecule has 1 fully saturated rings. The number of aromatic nitrogens is 2. The zero-order chi connectivity index (χ0) is 12.3. The highest BCUT2D eigenvalue weighted by molar-refractivity contribution is 5.11. The Morgan fingerprint density at radius 3 is 2.41 bits per heavy atom. The van der Waals surface area contributed by atoms with Crippen molar-refractivity contribution in [1.29, 1.82) is 0 Å². The summed E-state index contributed by atoms with van der Waals surface area (Å²) >= 11 is 0. The van der Waals surface area contributed by atoms with Gasteiger partial charge in [0.2, 0.25) is 0 Å². The van der Waals surface area contributed by atoms with Crippen LogP contribution in [-0.4, -0.2) is 16.3 Å². The number of aryl methyl sites for hydroxylation is 2. The molecular weight excluding hydrogens is 210 g/mol. The van der Waals surface area contributed by atoms with Crippen LogP contribution in [0.5, 0.6) is 0 Å². The molecule has 1 heterocycles. The molecule has 1 aliphatic carbocycles. The largest absolute Gasteiger partial charge is 0.330 e. The summed E-state index contributed by atoms with van der Waals surface area (Å²) in [6.07, 6.45) is 9.11. The number of rotatable bonds is 3. The van der Waals surface area contributed by atoms with E-state index in [1.165, 1.54) is 44.2 Å². The first-order valence-electron chi connectivity index (χ1n) is 6.85. The maximum atomic E-state index is 6.08. The molecular formula is C14H25N3. The lowest BCUT2D eigenvalue weighted by Crippen LogP contribution is -2.33. The molecule has 2 N–H and O–H groups in total. The van der Waals surface area contributed by atoms with Crippen LogP contribution in [0.1, 0.15) is 49.9 Å². The van der Waals surface area contributed by atoms with Gasteiger partial charge in [-0.3, -0.25) is 4.68 Å². The Bertz CT molecular complexity index is 360. The Labute approximate surface area is 104 Å². The van der Waals surface area contributed by atoms with Gasteiger partial charge in [0.25, 0.3) is 0 Å². The molecule has 0 unspecified atom stereocenters. The van der Waals surface area contributed by atoms with Crippen molar-refractivity contribution >= 4 is 0 Å². The van der Waals surface area contributed by atoms with Crippen LogP contribution < -0.4 is 5.73 Å². The lowest BCUT2D eigenvalue weighted by Gasteiger charge is -2.31. The van der Waals surface area contributed by atoms with E-state index in [9.17, 15) is 0 Å². The van der Waals surface area contributed by atoms with E-state index in [0.29, 0.717) is 5.41 Å². The van der Waals surface area contributed by atoms with E-state index in [1.54, 1.807) is 0 Å². The molecule has 3 heteroatoms. The first-order chi connectivity index (χ1) is 8.15. The predicted molar refractivity (Wildman–Crippen MR) is 70.8 cm³/mol. The van der Waals surface area contributed by atoms with Gasteiger partial charge >= 0.3 is 0 Å². The van der Waals surface area contributed by atoms with Crippen molar-refractivity contribution in [3.05, 3.63) is 17.5 Å². The van der Waals surface area contributed by atoms with E-state index in [4.69, 9.17) is 5.73 Å². The highest BCUT2D eigenvalue weighted by Crippen LogP contribution is 2.37. The SMILES string of the molecule is Cc1cc(CC2(CN)CCCCCC2)n(C)n1. The minimum Gasteiger partial charge on any atom is -0.330 e. The first kappa shape index (κ1) is 12.6. The second-order valence-corrected chi connectivity index (χ2v) is 5.70. The van der Waals surface area contributed by atoms with Crippen LogP contribution in [0.2, 0.25) is 0 Å². The third kappa shape index (κ3) is 2.89. The Morgan fingerprint density at radius 1 is 1.29 bits per heavy atom. The summed E-state index contributed by atoms with van der Waals surface area (Å²) < 4.78 is 2.03. The molecule has 0 radical (unpaired) electrons. The van der Waals surface area contributed by atoms with Crippen molar-refractivity contribution in [2.24, 2.45) is 18.2 Å². The normalized spacial score (nSPS) is 20.2. The molecule has 2 rings (SSSR count). The fraction of sp³-hybridized carbons (Fsp3) is 0.786. The first-order valence-corrected chi connectivity index (χ1v) is 6.85. The van der Waals surface area contributed by atoms with Crippen molar-refractivity contribution in [2.45, 2.75) is 51.9 Å². The van der Waals surface area contributed by atoms with Crippen molar-refractivity contribution in [2.75, 3.05) is 6.54 Å². The molecule has 1 aromatic rings. The Hall–Kier alpha value is -0.830. The van der Waals surface area contributed by atoms with Crippen molar-refractivity contribution in [3.8, 4) is 0 Å². The second kappa shape index (κ2) is 5.21. The van der Waals surface area contributed by atoms with Gasteiger partial charge < -0.3 is 5.73 Å². The molecule has 0 spiro atoms. The zero-order valence-electron chi connectivity index (χ0n) is 11.2. The maximum Gasteiger partial charge on any atom is 0.0596 e. The molecule has 1 saturated carbocycles. The summed E-state index contributed by atoms with van der Waals surface area (Å²) in [7, 11) is 2.04. The highest BCUT2D eigenvalue weighted by atomic mass is 15.3. The smallest absolute Gasteiger partial charge is 0.0596 e. The standard InChI is InChI=1S/C14H25N3/c1-12-9-13(17(2)16-12)10-14(11-15)7-5-3-4-6-8-14/h9H,3-8,10-11,15H2,1-2H3. The minimum atomic E-state index is 0.330. The lowest BCUT2D eigenvalue weighted by atomic mass is 9.76. The number of nitrogens with zero attached hydrogens (tertiary/aromatic N) is 2. The van der Waals surface area contributed by atoms with E-state index in [-0.39, 0.29) is 0 Å². The third-order valence-electron chi connectivity index (χ3n) is 4.25. The van der Waals surface area contributed by atoms with E-state index in [1.807, 2.05) is 11.7 Å². The van der Waals surface area contributed by atoms with Gasteiger partial charge in [0.1, 0.15) is 0 Å². The van der Waals surface area contributed by atoms with E-state index < -0.39 is 0 Å². The minimum absolute atomic E-state index is 0.330. The quantitative estimate of drug-likeness (QED) is 0.818. The van der Waals surface area contributed by atoms with Crippen molar-refractivity contribution in [1.82, 2.24) is 9.78 Å². The molecule has 0 amide bonds. The van der Waals surface area contributed by atoms with E-state index in [0.717, 1.165) is 18.7 Å². The van der Waals surface area contributed by atoms with Crippen molar-refractivity contribution in [3.63, 3.8) is 0 Å². The molecule has 0 atom stereocenters. The van der Waals surface area contributed by atoms with Crippen LogP contribution in [-0.2, 0) is 13.5 Å². The van der Waals surface area contributed by atoms with E-state index in [2.05, 4.69) is 18.1 Å². The molecule has 17 heavy (non-hydrogen) atoms. The molecule has 1 aliphatic rings. The summed E-state index contributed by atoms with van der Waals surface area (Å²) in [6.45, 7) is 2.88. The Kier molecular flexibility index (Phi) is 3.87. The molecule has 1 aromatic heterocycles. The van der Waals surface area contributed by atoms with Crippen LogP contribution in [0.15, 0.2) is 6.07 Å². The summed E-state index contributed by atoms with van der Waals surface area (Å²) in [4.78, 5) is 0. The Morgan fingerprint density at radius 2 is 1.94 bits per heavy atom. The van der Waals surface area contributed by atoms with Gasteiger partial charge in [0, 0.05) is 12.7 Å². The van der Waals surface area contributed by atoms with E-state index >= 15 is 0 Å². The van der Waals surface area contributed by atoms with Gasteiger partial charge in [-0.2, -0.15) is 5.10 Å². The van der Waals surface area contributed by atoms with Crippen molar-refractivity contribution < 1.29 is 0 Å². The summed E-state index contributed by atoms with van der Waals surface area (Å²) in [5, 5.41) is 4.44. The monoisotopic (exact) mass is 235 g/mol. The zero-order valence-corrected chi connectivity index (χ0v) is 11.2. The highest BCUT2D eigenvalue weighted by Gasteiger charge is 2.30.